The van der Waals surface area contributed by atoms with Gasteiger partial charge in [0.2, 0.25) is 0 Å². The molecule has 0 heterocycles. The first-order valence-electron chi connectivity index (χ1n) is 10.1. The van der Waals surface area contributed by atoms with Gasteiger partial charge in [0.1, 0.15) is 5.82 Å². The van der Waals surface area contributed by atoms with Gasteiger partial charge in [-0.2, -0.15) is 0 Å². The minimum Gasteiger partial charge on any atom is -0.377 e. The quantitative estimate of drug-likeness (QED) is 0.587. The molecule has 3 rings (SSSR count). The maximum absolute atomic E-state index is 13.1. The van der Waals surface area contributed by atoms with Gasteiger partial charge in [0.15, 0.2) is 0 Å². The Balaban J connectivity index is 1.76. The SMILES string of the molecule is CCc1ccc(C(=O)Nc2ccc(N(C)C)c(C(=O)NCc3ccc(F)cc3)c2)cc1. The number of anilines is 2. The van der Waals surface area contributed by atoms with Crippen molar-refractivity contribution in [2.75, 3.05) is 24.3 Å². The number of hydrogen-bond donors (Lipinski definition) is 2. The highest BCUT2D eigenvalue weighted by Gasteiger charge is 2.15. The van der Waals surface area contributed by atoms with Crippen molar-refractivity contribution in [1.82, 2.24) is 5.32 Å². The number of carbonyl (C=O) groups is 2. The van der Waals surface area contributed by atoms with E-state index in [1.165, 1.54) is 12.1 Å². The van der Waals surface area contributed by atoms with Gasteiger partial charge >= 0.3 is 0 Å². The summed E-state index contributed by atoms with van der Waals surface area (Å²) in [6.07, 6.45) is 0.907. The second-order valence-corrected chi connectivity index (χ2v) is 7.44. The Kier molecular flexibility index (Phi) is 7.03. The lowest BCUT2D eigenvalue weighted by Gasteiger charge is -2.18. The van der Waals surface area contributed by atoms with Crippen LogP contribution in [-0.2, 0) is 13.0 Å². The lowest BCUT2D eigenvalue weighted by molar-refractivity contribution is 0.0950. The van der Waals surface area contributed by atoms with Crippen LogP contribution in [0.15, 0.2) is 66.7 Å². The number of nitrogens with one attached hydrogen (secondary N) is 2. The lowest BCUT2D eigenvalue weighted by Crippen LogP contribution is -2.25. The molecule has 0 saturated heterocycles. The van der Waals surface area contributed by atoms with Crippen molar-refractivity contribution in [1.29, 1.82) is 0 Å². The van der Waals surface area contributed by atoms with Crippen molar-refractivity contribution in [3.05, 3.63) is 94.8 Å². The van der Waals surface area contributed by atoms with E-state index in [4.69, 9.17) is 0 Å². The van der Waals surface area contributed by atoms with Crippen LogP contribution >= 0.6 is 0 Å². The van der Waals surface area contributed by atoms with Crippen LogP contribution in [0.2, 0.25) is 0 Å². The standard InChI is InChI=1S/C25H26FN3O2/c1-4-17-5-9-19(10-6-17)24(30)28-21-13-14-23(29(2)3)22(15-21)25(31)27-16-18-7-11-20(26)12-8-18/h5-15H,4,16H2,1-3H3,(H,27,31)(H,28,30). The average molecular weight is 420 g/mol. The first-order valence-corrected chi connectivity index (χ1v) is 10.1. The molecule has 2 amide bonds. The minimum absolute atomic E-state index is 0.238. The van der Waals surface area contributed by atoms with E-state index in [-0.39, 0.29) is 24.2 Å². The number of nitrogens with zero attached hydrogens (tertiary/aromatic N) is 1. The number of hydrogen-bond acceptors (Lipinski definition) is 3. The van der Waals surface area contributed by atoms with Gasteiger partial charge in [-0.25, -0.2) is 4.39 Å². The third-order valence-corrected chi connectivity index (χ3v) is 4.97. The van der Waals surface area contributed by atoms with E-state index in [1.807, 2.05) is 31.1 Å². The largest absolute Gasteiger partial charge is 0.377 e. The summed E-state index contributed by atoms with van der Waals surface area (Å²) in [5, 5.41) is 5.71. The summed E-state index contributed by atoms with van der Waals surface area (Å²) >= 11 is 0. The summed E-state index contributed by atoms with van der Waals surface area (Å²) in [5.74, 6) is -0.841. The molecule has 0 spiro atoms. The fraction of sp³-hybridized carbons (Fsp3) is 0.200. The van der Waals surface area contributed by atoms with Gasteiger partial charge in [0.05, 0.1) is 5.56 Å². The van der Waals surface area contributed by atoms with Gasteiger partial charge < -0.3 is 15.5 Å². The molecule has 5 nitrogen and oxygen atoms in total. The lowest BCUT2D eigenvalue weighted by atomic mass is 10.1. The van der Waals surface area contributed by atoms with E-state index in [2.05, 4.69) is 17.6 Å². The minimum atomic E-state index is -0.322. The predicted octanol–water partition coefficient (Wildman–Crippen LogP) is 4.64. The predicted molar refractivity (Wildman–Crippen MR) is 122 cm³/mol. The molecule has 0 radical (unpaired) electrons. The van der Waals surface area contributed by atoms with E-state index in [0.29, 0.717) is 16.8 Å². The second-order valence-electron chi connectivity index (χ2n) is 7.44. The van der Waals surface area contributed by atoms with Gasteiger partial charge in [0.25, 0.3) is 11.8 Å². The number of rotatable bonds is 7. The number of halogens is 1. The summed E-state index contributed by atoms with van der Waals surface area (Å²) in [5.41, 5.74) is 4.19. The molecule has 0 bridgehead atoms. The summed E-state index contributed by atoms with van der Waals surface area (Å²) < 4.78 is 13.1. The Morgan fingerprint density at radius 3 is 2.13 bits per heavy atom. The molecule has 160 valence electrons. The smallest absolute Gasteiger partial charge is 0.255 e. The molecule has 0 aromatic heterocycles. The Morgan fingerprint density at radius 2 is 1.52 bits per heavy atom. The van der Waals surface area contributed by atoms with Crippen LogP contribution in [0.3, 0.4) is 0 Å². The Labute approximate surface area is 181 Å². The van der Waals surface area contributed by atoms with Gasteiger partial charge in [-0.15, -0.1) is 0 Å². The van der Waals surface area contributed by atoms with Gasteiger partial charge in [0, 0.05) is 37.6 Å². The first-order chi connectivity index (χ1) is 14.9. The highest BCUT2D eigenvalue weighted by molar-refractivity contribution is 6.06. The fourth-order valence-corrected chi connectivity index (χ4v) is 3.16. The van der Waals surface area contributed by atoms with Crippen LogP contribution in [0.1, 0.15) is 38.8 Å². The summed E-state index contributed by atoms with van der Waals surface area (Å²) in [7, 11) is 3.69. The fourth-order valence-electron chi connectivity index (χ4n) is 3.16. The van der Waals surface area contributed by atoms with Crippen LogP contribution in [0, 0.1) is 5.82 Å². The third-order valence-electron chi connectivity index (χ3n) is 4.97. The number of amides is 2. The molecule has 0 aliphatic rings. The van der Waals surface area contributed by atoms with Crippen molar-refractivity contribution in [3.63, 3.8) is 0 Å². The Bertz CT molecular complexity index is 1060. The van der Waals surface area contributed by atoms with Crippen molar-refractivity contribution in [2.24, 2.45) is 0 Å². The highest BCUT2D eigenvalue weighted by atomic mass is 19.1. The molecule has 0 unspecified atom stereocenters. The number of aryl methyl sites for hydroxylation is 1. The molecule has 0 aliphatic heterocycles. The maximum atomic E-state index is 13.1. The van der Waals surface area contributed by atoms with Crippen molar-refractivity contribution >= 4 is 23.2 Å². The van der Waals surface area contributed by atoms with E-state index >= 15 is 0 Å². The normalized spacial score (nSPS) is 10.5. The Morgan fingerprint density at radius 1 is 0.871 bits per heavy atom. The molecule has 31 heavy (non-hydrogen) atoms. The topological polar surface area (TPSA) is 61.4 Å². The molecule has 2 N–H and O–H groups in total. The van der Waals surface area contributed by atoms with E-state index < -0.39 is 0 Å². The summed E-state index contributed by atoms with van der Waals surface area (Å²) in [6.45, 7) is 2.33. The molecular weight excluding hydrogens is 393 g/mol. The molecule has 0 aliphatic carbocycles. The monoisotopic (exact) mass is 419 g/mol. The van der Waals surface area contributed by atoms with Crippen LogP contribution in [0.4, 0.5) is 15.8 Å². The highest BCUT2D eigenvalue weighted by Crippen LogP contribution is 2.23. The third kappa shape index (κ3) is 5.69. The van der Waals surface area contributed by atoms with E-state index in [1.54, 1.807) is 42.5 Å². The van der Waals surface area contributed by atoms with E-state index in [9.17, 15) is 14.0 Å². The number of carbonyl (C=O) groups excluding carboxylic acids is 2. The number of benzene rings is 3. The van der Waals surface area contributed by atoms with Gasteiger partial charge in [-0.3, -0.25) is 9.59 Å². The molecule has 0 atom stereocenters. The maximum Gasteiger partial charge on any atom is 0.255 e. The second kappa shape index (κ2) is 9.89. The average Bonchev–Trinajstić information content (AvgIpc) is 2.78. The van der Waals surface area contributed by atoms with E-state index in [0.717, 1.165) is 23.2 Å². The molecule has 6 heteroatoms. The zero-order valence-electron chi connectivity index (χ0n) is 17.9. The zero-order chi connectivity index (χ0) is 22.4. The summed E-state index contributed by atoms with van der Waals surface area (Å²) in [4.78, 5) is 27.3. The first kappa shape index (κ1) is 22.0. The molecule has 3 aromatic rings. The molecule has 0 saturated carbocycles. The van der Waals surface area contributed by atoms with Crippen LogP contribution in [0.25, 0.3) is 0 Å². The molecule has 0 fully saturated rings. The van der Waals surface area contributed by atoms with Crippen molar-refractivity contribution in [2.45, 2.75) is 19.9 Å². The Hall–Kier alpha value is -3.67. The van der Waals surface area contributed by atoms with Crippen LogP contribution in [-0.4, -0.2) is 25.9 Å². The van der Waals surface area contributed by atoms with Crippen LogP contribution < -0.4 is 15.5 Å². The molecular formula is C25H26FN3O2. The zero-order valence-corrected chi connectivity index (χ0v) is 17.9. The molecule has 3 aromatic carbocycles. The van der Waals surface area contributed by atoms with Gasteiger partial charge in [-0.05, 0) is 60.0 Å². The summed E-state index contributed by atoms with van der Waals surface area (Å²) in [6, 6.07) is 18.6. The van der Waals surface area contributed by atoms with Gasteiger partial charge in [-0.1, -0.05) is 31.2 Å². The van der Waals surface area contributed by atoms with Crippen molar-refractivity contribution < 1.29 is 14.0 Å². The van der Waals surface area contributed by atoms with Crippen molar-refractivity contribution in [3.8, 4) is 0 Å². The van der Waals surface area contributed by atoms with Crippen LogP contribution in [0.5, 0.6) is 0 Å².